The van der Waals surface area contributed by atoms with E-state index in [0.29, 0.717) is 25.9 Å². The summed E-state index contributed by atoms with van der Waals surface area (Å²) in [5.41, 5.74) is -0.202. The van der Waals surface area contributed by atoms with E-state index in [9.17, 15) is 18.4 Å². The van der Waals surface area contributed by atoms with E-state index in [2.05, 4.69) is 5.10 Å². The lowest BCUT2D eigenvalue weighted by molar-refractivity contribution is 0.0705. The van der Waals surface area contributed by atoms with Crippen LogP contribution in [0.1, 0.15) is 53.8 Å². The normalized spacial score (nSPS) is 18.3. The highest BCUT2D eigenvalue weighted by atomic mass is 19.1. The summed E-state index contributed by atoms with van der Waals surface area (Å²) in [5.74, 6) is -1.08. The number of halogens is 2. The molecule has 0 N–H and O–H groups in total. The van der Waals surface area contributed by atoms with Crippen LogP contribution in [0.4, 0.5) is 8.78 Å². The van der Waals surface area contributed by atoms with Crippen LogP contribution in [0.2, 0.25) is 0 Å². The molecule has 0 bridgehead atoms. The topological polar surface area (TPSA) is 60.1 Å². The first-order valence-electron chi connectivity index (χ1n) is 8.85. The monoisotopic (exact) mass is 362 g/mol. The minimum atomic E-state index is -0.843. The largest absolute Gasteiger partial charge is 0.345 e. The lowest BCUT2D eigenvalue weighted by Crippen LogP contribution is -2.39. The number of amides is 1. The number of piperidine rings is 1. The number of aryl methyl sites for hydroxylation is 1. The molecule has 4 rings (SSSR count). The maximum Gasteiger partial charge on any atom is 0.345 e. The molecule has 8 heteroatoms. The van der Waals surface area contributed by atoms with Crippen LogP contribution in [0.25, 0.3) is 0 Å². The molecule has 1 aromatic carbocycles. The molecule has 0 radical (unpaired) electrons. The molecule has 2 fully saturated rings. The van der Waals surface area contributed by atoms with Crippen LogP contribution in [0.15, 0.2) is 23.0 Å². The van der Waals surface area contributed by atoms with E-state index >= 15 is 0 Å². The number of carbonyl (C=O) groups is 1. The Kier molecular flexibility index (Phi) is 4.13. The Labute approximate surface area is 149 Å². The molecule has 0 unspecified atom stereocenters. The molecule has 1 saturated heterocycles. The average molecular weight is 362 g/mol. The SMILES string of the molecule is Cn1nc(C2CCN(C(=O)c3ccc(F)cc3F)CC2)n(C2CC2)c1=O. The van der Waals surface area contributed by atoms with Gasteiger partial charge in [-0.15, -0.1) is 0 Å². The highest BCUT2D eigenvalue weighted by molar-refractivity contribution is 5.94. The Morgan fingerprint density at radius 2 is 1.85 bits per heavy atom. The van der Waals surface area contributed by atoms with Crippen molar-refractivity contribution < 1.29 is 13.6 Å². The van der Waals surface area contributed by atoms with E-state index in [-0.39, 0.29) is 23.2 Å². The molecule has 1 amide bonds. The van der Waals surface area contributed by atoms with Crippen molar-refractivity contribution in [1.29, 1.82) is 0 Å². The van der Waals surface area contributed by atoms with E-state index in [1.807, 2.05) is 0 Å². The van der Waals surface area contributed by atoms with Gasteiger partial charge in [0.25, 0.3) is 5.91 Å². The zero-order valence-electron chi connectivity index (χ0n) is 14.5. The number of hydrogen-bond acceptors (Lipinski definition) is 3. The van der Waals surface area contributed by atoms with Crippen molar-refractivity contribution in [2.45, 2.75) is 37.6 Å². The second kappa shape index (κ2) is 6.34. The third-order valence-corrected chi connectivity index (χ3v) is 5.20. The van der Waals surface area contributed by atoms with E-state index in [1.165, 1.54) is 10.7 Å². The van der Waals surface area contributed by atoms with Crippen LogP contribution < -0.4 is 5.69 Å². The number of carbonyl (C=O) groups excluding carboxylic acids is 1. The van der Waals surface area contributed by atoms with Gasteiger partial charge in [-0.2, -0.15) is 5.10 Å². The van der Waals surface area contributed by atoms with Gasteiger partial charge < -0.3 is 4.90 Å². The van der Waals surface area contributed by atoms with Crippen molar-refractivity contribution >= 4 is 5.91 Å². The lowest BCUT2D eigenvalue weighted by atomic mass is 9.95. The fourth-order valence-corrected chi connectivity index (χ4v) is 3.63. The number of aromatic nitrogens is 3. The Balaban J connectivity index is 1.49. The molecular weight excluding hydrogens is 342 g/mol. The quantitative estimate of drug-likeness (QED) is 0.841. The first kappa shape index (κ1) is 16.9. The van der Waals surface area contributed by atoms with Gasteiger partial charge in [0.05, 0.1) is 5.56 Å². The summed E-state index contributed by atoms with van der Waals surface area (Å²) in [6.07, 6.45) is 3.33. The third-order valence-electron chi connectivity index (χ3n) is 5.20. The summed E-state index contributed by atoms with van der Waals surface area (Å²) < 4.78 is 30.1. The van der Waals surface area contributed by atoms with Crippen LogP contribution in [-0.4, -0.2) is 38.2 Å². The van der Waals surface area contributed by atoms with Gasteiger partial charge >= 0.3 is 5.69 Å². The van der Waals surface area contributed by atoms with Gasteiger partial charge in [0.15, 0.2) is 0 Å². The first-order chi connectivity index (χ1) is 12.5. The first-order valence-corrected chi connectivity index (χ1v) is 8.85. The standard InChI is InChI=1S/C18H20F2N4O2/c1-22-18(26)24(13-3-4-13)16(21-22)11-6-8-23(9-7-11)17(25)14-5-2-12(19)10-15(14)20/h2,5,10-11,13H,3-4,6-9H2,1H3. The number of nitrogens with zero attached hydrogens (tertiary/aromatic N) is 4. The fourth-order valence-electron chi connectivity index (χ4n) is 3.63. The second-order valence-electron chi connectivity index (χ2n) is 7.06. The molecule has 0 spiro atoms. The summed E-state index contributed by atoms with van der Waals surface area (Å²) >= 11 is 0. The molecule has 1 aliphatic heterocycles. The third kappa shape index (κ3) is 2.93. The molecule has 2 aliphatic rings. The Bertz CT molecular complexity index is 908. The van der Waals surface area contributed by atoms with Gasteiger partial charge in [-0.3, -0.25) is 9.36 Å². The molecule has 1 aromatic heterocycles. The summed E-state index contributed by atoms with van der Waals surface area (Å²) in [7, 11) is 1.65. The molecular formula is C18H20F2N4O2. The van der Waals surface area contributed by atoms with Crippen LogP contribution in [0.5, 0.6) is 0 Å². The van der Waals surface area contributed by atoms with Crippen LogP contribution in [-0.2, 0) is 7.05 Å². The van der Waals surface area contributed by atoms with Gasteiger partial charge in [0.1, 0.15) is 17.5 Å². The van der Waals surface area contributed by atoms with Crippen LogP contribution in [0.3, 0.4) is 0 Å². The molecule has 26 heavy (non-hydrogen) atoms. The number of rotatable bonds is 3. The second-order valence-corrected chi connectivity index (χ2v) is 7.06. The number of hydrogen-bond donors (Lipinski definition) is 0. The van der Waals surface area contributed by atoms with Crippen molar-refractivity contribution in [3.63, 3.8) is 0 Å². The molecule has 1 aliphatic carbocycles. The fraction of sp³-hybridized carbons (Fsp3) is 0.500. The average Bonchev–Trinajstić information content (AvgIpc) is 3.41. The molecule has 6 nitrogen and oxygen atoms in total. The molecule has 1 saturated carbocycles. The van der Waals surface area contributed by atoms with Crippen LogP contribution >= 0.6 is 0 Å². The Hall–Kier alpha value is -2.51. The van der Waals surface area contributed by atoms with E-state index in [1.54, 1.807) is 16.5 Å². The van der Waals surface area contributed by atoms with Crippen LogP contribution in [0, 0.1) is 11.6 Å². The summed E-state index contributed by atoms with van der Waals surface area (Å²) in [6.45, 7) is 0.908. The summed E-state index contributed by atoms with van der Waals surface area (Å²) in [4.78, 5) is 26.3. The Morgan fingerprint density at radius 3 is 2.46 bits per heavy atom. The summed E-state index contributed by atoms with van der Waals surface area (Å²) in [5, 5.41) is 4.41. The minimum Gasteiger partial charge on any atom is -0.339 e. The molecule has 2 aromatic rings. The molecule has 0 atom stereocenters. The van der Waals surface area contributed by atoms with Crippen molar-refractivity contribution in [1.82, 2.24) is 19.2 Å². The maximum atomic E-state index is 13.9. The highest BCUT2D eigenvalue weighted by Crippen LogP contribution is 2.37. The smallest absolute Gasteiger partial charge is 0.339 e. The zero-order chi connectivity index (χ0) is 18.4. The predicted octanol–water partition coefficient (Wildman–Crippen LogP) is 2.21. The van der Waals surface area contributed by atoms with E-state index in [4.69, 9.17) is 0 Å². The molecule has 2 heterocycles. The summed E-state index contributed by atoms with van der Waals surface area (Å²) in [6, 6.07) is 3.25. The van der Waals surface area contributed by atoms with Gasteiger partial charge in [-0.1, -0.05) is 0 Å². The lowest BCUT2D eigenvalue weighted by Gasteiger charge is -2.31. The zero-order valence-corrected chi connectivity index (χ0v) is 14.5. The van der Waals surface area contributed by atoms with Gasteiger partial charge in [-0.05, 0) is 37.8 Å². The van der Waals surface area contributed by atoms with E-state index < -0.39 is 17.5 Å². The van der Waals surface area contributed by atoms with Crippen molar-refractivity contribution in [2.75, 3.05) is 13.1 Å². The van der Waals surface area contributed by atoms with E-state index in [0.717, 1.165) is 30.8 Å². The van der Waals surface area contributed by atoms with Crippen molar-refractivity contribution in [3.8, 4) is 0 Å². The number of benzene rings is 1. The van der Waals surface area contributed by atoms with Gasteiger partial charge in [-0.25, -0.2) is 18.3 Å². The maximum absolute atomic E-state index is 13.9. The number of likely N-dealkylation sites (tertiary alicyclic amines) is 1. The van der Waals surface area contributed by atoms with Gasteiger partial charge in [0, 0.05) is 38.2 Å². The predicted molar refractivity (Wildman–Crippen MR) is 90.0 cm³/mol. The Morgan fingerprint density at radius 1 is 1.15 bits per heavy atom. The molecule has 138 valence electrons. The van der Waals surface area contributed by atoms with Crippen molar-refractivity contribution in [2.24, 2.45) is 7.05 Å². The van der Waals surface area contributed by atoms with Gasteiger partial charge in [0.2, 0.25) is 0 Å². The highest BCUT2D eigenvalue weighted by Gasteiger charge is 2.34. The minimum absolute atomic E-state index is 0.0885. The van der Waals surface area contributed by atoms with Crippen molar-refractivity contribution in [3.05, 3.63) is 51.7 Å².